The Balaban J connectivity index is 2.39. The van der Waals surface area contributed by atoms with Crippen LogP contribution in [0.15, 0.2) is 12.8 Å². The smallest absolute Gasteiger partial charge is 0.135 e. The normalized spacial score (nSPS) is 16.0. The van der Waals surface area contributed by atoms with Crippen LogP contribution >= 0.6 is 0 Å². The van der Waals surface area contributed by atoms with Crippen LogP contribution in [0.3, 0.4) is 0 Å². The molecular formula is C8H10N2O. The van der Waals surface area contributed by atoms with E-state index in [1.165, 1.54) is 0 Å². The van der Waals surface area contributed by atoms with E-state index in [4.69, 9.17) is 4.74 Å². The Morgan fingerprint density at radius 1 is 1.73 bits per heavy atom. The maximum Gasteiger partial charge on any atom is 0.135 e. The molecule has 2 rings (SSSR count). The number of hydrogen-bond donors (Lipinski definition) is 0. The van der Waals surface area contributed by atoms with Crippen LogP contribution in [-0.2, 0) is 17.9 Å². The van der Waals surface area contributed by atoms with Gasteiger partial charge in [-0.25, -0.2) is 4.98 Å². The van der Waals surface area contributed by atoms with Gasteiger partial charge in [-0.3, -0.25) is 0 Å². The third-order valence-corrected chi connectivity index (χ3v) is 1.79. The van der Waals surface area contributed by atoms with Crippen molar-refractivity contribution < 1.29 is 4.74 Å². The fourth-order valence-corrected chi connectivity index (χ4v) is 1.21. The minimum absolute atomic E-state index is 0.633. The van der Waals surface area contributed by atoms with Crippen LogP contribution in [0.2, 0.25) is 0 Å². The van der Waals surface area contributed by atoms with E-state index in [1.54, 1.807) is 6.08 Å². The molecule has 0 unspecified atom stereocenters. The summed E-state index contributed by atoms with van der Waals surface area (Å²) in [5.41, 5.74) is 0.936. The van der Waals surface area contributed by atoms with E-state index >= 15 is 0 Å². The molecule has 3 heteroatoms. The number of aromatic nitrogens is 2. The molecule has 0 N–H and O–H groups in total. The van der Waals surface area contributed by atoms with Gasteiger partial charge in [-0.1, -0.05) is 6.58 Å². The lowest BCUT2D eigenvalue weighted by Crippen LogP contribution is -2.15. The molecule has 1 aromatic rings. The second kappa shape index (κ2) is 2.51. The van der Waals surface area contributed by atoms with Gasteiger partial charge in [0.1, 0.15) is 12.4 Å². The van der Waals surface area contributed by atoms with Gasteiger partial charge in [-0.15, -0.1) is 0 Å². The van der Waals surface area contributed by atoms with Crippen LogP contribution in [0.25, 0.3) is 6.08 Å². The molecule has 2 heterocycles. The fourth-order valence-electron chi connectivity index (χ4n) is 1.21. The van der Waals surface area contributed by atoms with E-state index in [-0.39, 0.29) is 0 Å². The van der Waals surface area contributed by atoms with Crippen molar-refractivity contribution in [2.45, 2.75) is 13.2 Å². The zero-order valence-corrected chi connectivity index (χ0v) is 6.29. The molecule has 1 aliphatic rings. The molecule has 0 atom stereocenters. The molecule has 0 aliphatic carbocycles. The van der Waals surface area contributed by atoms with E-state index in [0.29, 0.717) is 6.61 Å². The summed E-state index contributed by atoms with van der Waals surface area (Å²) in [6.45, 7) is 5.99. The summed E-state index contributed by atoms with van der Waals surface area (Å²) in [7, 11) is 0. The zero-order valence-electron chi connectivity index (χ0n) is 6.29. The minimum atomic E-state index is 0.633. The summed E-state index contributed by atoms with van der Waals surface area (Å²) < 4.78 is 7.35. The summed E-state index contributed by atoms with van der Waals surface area (Å²) in [6, 6.07) is 0. The highest BCUT2D eigenvalue weighted by atomic mass is 16.5. The highest BCUT2D eigenvalue weighted by Crippen LogP contribution is 2.09. The van der Waals surface area contributed by atoms with Gasteiger partial charge in [0.25, 0.3) is 0 Å². The molecule has 0 amide bonds. The molecule has 0 bridgehead atoms. The summed E-state index contributed by atoms with van der Waals surface area (Å²) in [5.74, 6) is 1.01. The molecule has 0 radical (unpaired) electrons. The number of fused-ring (bicyclic) bond motifs is 1. The average molecular weight is 150 g/mol. The number of imidazole rings is 1. The Hall–Kier alpha value is -1.09. The monoisotopic (exact) mass is 150 g/mol. The molecule has 0 spiro atoms. The number of hydrogen-bond acceptors (Lipinski definition) is 2. The fraction of sp³-hybridized carbons (Fsp3) is 0.375. The Morgan fingerprint density at radius 2 is 2.64 bits per heavy atom. The van der Waals surface area contributed by atoms with Crippen molar-refractivity contribution in [2.24, 2.45) is 0 Å². The van der Waals surface area contributed by atoms with Crippen LogP contribution in [-0.4, -0.2) is 16.2 Å². The van der Waals surface area contributed by atoms with Crippen molar-refractivity contribution in [1.82, 2.24) is 9.55 Å². The van der Waals surface area contributed by atoms with E-state index in [9.17, 15) is 0 Å². The lowest BCUT2D eigenvalue weighted by molar-refractivity contribution is 0.0816. The first-order chi connectivity index (χ1) is 5.40. The van der Waals surface area contributed by atoms with Crippen molar-refractivity contribution >= 4 is 6.08 Å². The second-order valence-corrected chi connectivity index (χ2v) is 2.53. The summed E-state index contributed by atoms with van der Waals surface area (Å²) in [4.78, 5) is 4.29. The predicted molar refractivity (Wildman–Crippen MR) is 42.0 cm³/mol. The summed E-state index contributed by atoms with van der Waals surface area (Å²) in [6.07, 6.45) is 3.76. The van der Waals surface area contributed by atoms with Crippen LogP contribution in [0.4, 0.5) is 0 Å². The van der Waals surface area contributed by atoms with Crippen molar-refractivity contribution in [3.8, 4) is 0 Å². The minimum Gasteiger partial charge on any atom is -0.372 e. The Labute approximate surface area is 65.3 Å². The van der Waals surface area contributed by atoms with Gasteiger partial charge in [-0.2, -0.15) is 0 Å². The van der Waals surface area contributed by atoms with Gasteiger partial charge in [0.05, 0.1) is 12.3 Å². The van der Waals surface area contributed by atoms with Crippen molar-refractivity contribution in [3.05, 3.63) is 24.3 Å². The van der Waals surface area contributed by atoms with Crippen molar-refractivity contribution in [2.75, 3.05) is 6.61 Å². The molecule has 1 aromatic heterocycles. The standard InChI is InChI=1S/C8H10N2O/c1-2-7-5-10-3-4-11-6-8(10)9-7/h2,5H,1,3-4,6H2. The van der Waals surface area contributed by atoms with Gasteiger partial charge in [0.15, 0.2) is 0 Å². The van der Waals surface area contributed by atoms with E-state index in [0.717, 1.165) is 24.7 Å². The molecule has 1 aliphatic heterocycles. The van der Waals surface area contributed by atoms with Crippen LogP contribution in [0.5, 0.6) is 0 Å². The average Bonchev–Trinajstić information content (AvgIpc) is 2.46. The lowest BCUT2D eigenvalue weighted by atomic mass is 10.5. The zero-order chi connectivity index (χ0) is 7.68. The molecule has 0 fully saturated rings. The molecule has 11 heavy (non-hydrogen) atoms. The van der Waals surface area contributed by atoms with Gasteiger partial charge in [0.2, 0.25) is 0 Å². The molecule has 3 nitrogen and oxygen atoms in total. The van der Waals surface area contributed by atoms with E-state index in [2.05, 4.69) is 16.1 Å². The first-order valence-corrected chi connectivity index (χ1v) is 3.66. The topological polar surface area (TPSA) is 27.1 Å². The van der Waals surface area contributed by atoms with Crippen LogP contribution in [0, 0.1) is 0 Å². The summed E-state index contributed by atoms with van der Waals surface area (Å²) in [5, 5.41) is 0. The van der Waals surface area contributed by atoms with Crippen LogP contribution < -0.4 is 0 Å². The number of rotatable bonds is 1. The number of nitrogens with zero attached hydrogens (tertiary/aromatic N) is 2. The second-order valence-electron chi connectivity index (χ2n) is 2.53. The third kappa shape index (κ3) is 1.07. The SMILES string of the molecule is C=Cc1cn2c(n1)COCC2. The molecule has 0 aromatic carbocycles. The third-order valence-electron chi connectivity index (χ3n) is 1.79. The first kappa shape index (κ1) is 6.61. The largest absolute Gasteiger partial charge is 0.372 e. The van der Waals surface area contributed by atoms with Crippen LogP contribution in [0.1, 0.15) is 11.5 Å². The van der Waals surface area contributed by atoms with Gasteiger partial charge in [0, 0.05) is 12.7 Å². The maximum atomic E-state index is 5.24. The predicted octanol–water partition coefficient (Wildman–Crippen LogP) is 1.06. The molecule has 58 valence electrons. The first-order valence-electron chi connectivity index (χ1n) is 3.66. The molecule has 0 saturated carbocycles. The van der Waals surface area contributed by atoms with E-state index in [1.807, 2.05) is 6.20 Å². The van der Waals surface area contributed by atoms with E-state index < -0.39 is 0 Å². The lowest BCUT2D eigenvalue weighted by Gasteiger charge is -2.13. The van der Waals surface area contributed by atoms with Gasteiger partial charge >= 0.3 is 0 Å². The van der Waals surface area contributed by atoms with Crippen molar-refractivity contribution in [3.63, 3.8) is 0 Å². The molecule has 0 saturated heterocycles. The molecular weight excluding hydrogens is 140 g/mol. The summed E-state index contributed by atoms with van der Waals surface area (Å²) >= 11 is 0. The number of ether oxygens (including phenoxy) is 1. The Morgan fingerprint density at radius 3 is 3.36 bits per heavy atom. The Kier molecular flexibility index (Phi) is 1.51. The highest BCUT2D eigenvalue weighted by Gasteiger charge is 2.10. The highest BCUT2D eigenvalue weighted by molar-refractivity contribution is 5.40. The Bertz CT molecular complexity index is 254. The maximum absolute atomic E-state index is 5.24. The quantitative estimate of drug-likeness (QED) is 0.598. The van der Waals surface area contributed by atoms with Gasteiger partial charge in [-0.05, 0) is 6.08 Å². The van der Waals surface area contributed by atoms with Crippen molar-refractivity contribution in [1.29, 1.82) is 0 Å². The van der Waals surface area contributed by atoms with Gasteiger partial charge < -0.3 is 9.30 Å².